The minimum absolute atomic E-state index is 0.0158. The van der Waals surface area contributed by atoms with Crippen molar-refractivity contribution < 1.29 is 65.4 Å². The summed E-state index contributed by atoms with van der Waals surface area (Å²) in [5.74, 6) is 0.0124. The van der Waals surface area contributed by atoms with E-state index in [-0.39, 0.29) is 44.0 Å². The number of nitrogens with zero attached hydrogens (tertiary/aromatic N) is 3. The summed E-state index contributed by atoms with van der Waals surface area (Å²) in [5, 5.41) is 31.5. The Morgan fingerprint density at radius 3 is 1.60 bits per heavy atom. The van der Waals surface area contributed by atoms with Gasteiger partial charge in [-0.3, -0.25) is 45.1 Å². The number of hydrogen-bond donors (Lipinski definition) is 5. The van der Waals surface area contributed by atoms with Crippen LogP contribution in [0.25, 0.3) is 0 Å². The lowest BCUT2D eigenvalue weighted by Crippen LogP contribution is -2.48. The number of carbonyl (C=O) groups is 5. The maximum Gasteiger partial charge on any atom is 0.418 e. The van der Waals surface area contributed by atoms with Crippen LogP contribution >= 0.6 is 0 Å². The number of esters is 1. The van der Waals surface area contributed by atoms with Crippen molar-refractivity contribution in [3.05, 3.63) is 120 Å². The second kappa shape index (κ2) is 22.9. The number of nitrogens with one attached hydrogen (secondary N) is 4. The van der Waals surface area contributed by atoms with Gasteiger partial charge in [0, 0.05) is 42.1 Å². The van der Waals surface area contributed by atoms with E-state index >= 15 is 0 Å². The molecular formula is C46H51N7O14S. The summed E-state index contributed by atoms with van der Waals surface area (Å²) < 4.78 is 52.6. The van der Waals surface area contributed by atoms with Gasteiger partial charge < -0.3 is 28.8 Å². The zero-order valence-corrected chi connectivity index (χ0v) is 37.9. The van der Waals surface area contributed by atoms with E-state index < -0.39 is 52.2 Å². The van der Waals surface area contributed by atoms with Gasteiger partial charge in [-0.2, -0.15) is 8.42 Å². The highest BCUT2D eigenvalue weighted by atomic mass is 32.2. The number of piperidine rings is 1. The molecule has 360 valence electrons. The van der Waals surface area contributed by atoms with Gasteiger partial charge in [0.2, 0.25) is 0 Å². The fraction of sp³-hybridized carbons (Fsp3) is 0.326. The third kappa shape index (κ3) is 14.8. The molecule has 0 spiro atoms. The molecule has 3 saturated heterocycles. The quantitative estimate of drug-likeness (QED) is 0.0365. The SMILES string of the molecule is CCOC(=O)CC1(O)CCN(CC2CN(c3ccc(C(=N)NC(=O)Oc4ccccc4)cc3)C(=O)O2)CC1.CS(=O)(=O)OCC1CN(c2ccc(C(=N)NC(=O)Oc3ccccc3)cc2)C(=O)O1. The van der Waals surface area contributed by atoms with Crippen LogP contribution in [0.4, 0.5) is 30.6 Å². The molecule has 22 heteroatoms. The largest absolute Gasteiger partial charge is 0.466 e. The maximum atomic E-state index is 12.5. The van der Waals surface area contributed by atoms with E-state index in [1.807, 2.05) is 0 Å². The number of benzene rings is 4. The van der Waals surface area contributed by atoms with E-state index in [0.717, 1.165) is 6.26 Å². The molecule has 0 saturated carbocycles. The Hall–Kier alpha value is -7.40. The first-order chi connectivity index (χ1) is 32.5. The molecule has 0 aliphatic carbocycles. The molecule has 5 N–H and O–H groups in total. The Labute approximate surface area is 391 Å². The smallest absolute Gasteiger partial charge is 0.418 e. The number of likely N-dealkylation sites (tertiary alicyclic amines) is 1. The van der Waals surface area contributed by atoms with Gasteiger partial charge in [-0.05, 0) is 92.6 Å². The van der Waals surface area contributed by atoms with Crippen molar-refractivity contribution in [2.24, 2.45) is 0 Å². The summed E-state index contributed by atoms with van der Waals surface area (Å²) in [4.78, 5) is 65.2. The first-order valence-electron chi connectivity index (χ1n) is 21.3. The normalized spacial score (nSPS) is 17.7. The van der Waals surface area contributed by atoms with Gasteiger partial charge in [-0.15, -0.1) is 0 Å². The molecule has 21 nitrogen and oxygen atoms in total. The van der Waals surface area contributed by atoms with Gasteiger partial charge in [-0.25, -0.2) is 19.2 Å². The third-order valence-corrected chi connectivity index (χ3v) is 11.1. The van der Waals surface area contributed by atoms with E-state index in [2.05, 4.69) is 19.7 Å². The fourth-order valence-electron chi connectivity index (χ4n) is 7.15. The van der Waals surface area contributed by atoms with E-state index in [4.69, 9.17) is 34.5 Å². The number of para-hydroxylation sites is 2. The molecule has 2 atom stereocenters. The molecule has 68 heavy (non-hydrogen) atoms. The topological polar surface area (TPSA) is 277 Å². The Kier molecular flexibility index (Phi) is 16.8. The molecule has 3 aliphatic heterocycles. The standard InChI is InChI=1S/C27H32N4O7.C19H19N3O7S/c1-2-36-23(32)16-27(35)12-14-30(15-13-27)17-22-18-31(26(34)38-22)20-10-8-19(9-11-20)24(28)29-25(33)37-21-6-4-3-5-7-21;1-30(25,26)27-12-16-11-22(19(24)29-16)14-9-7-13(8-10-14)17(20)21-18(23)28-15-5-3-2-4-6-15/h3-11,22,35H,2,12-18H2,1H3,(H2,28,29,33);2-10,16H,11-12H2,1H3,(H2,20,21,23). The molecule has 0 bridgehead atoms. The van der Waals surface area contributed by atoms with Crippen molar-refractivity contribution in [2.75, 3.05) is 62.0 Å². The average Bonchev–Trinajstić information content (AvgIpc) is 3.87. The summed E-state index contributed by atoms with van der Waals surface area (Å²) in [6.45, 7) is 3.93. The molecule has 3 aliphatic rings. The molecule has 3 heterocycles. The van der Waals surface area contributed by atoms with Gasteiger partial charge in [0.25, 0.3) is 10.1 Å². The second-order valence-corrected chi connectivity index (χ2v) is 17.4. The summed E-state index contributed by atoms with van der Waals surface area (Å²) in [6.07, 6.45) is -1.95. The number of amidine groups is 2. The molecule has 2 unspecified atom stereocenters. The monoisotopic (exact) mass is 957 g/mol. The van der Waals surface area contributed by atoms with Crippen LogP contribution < -0.4 is 29.9 Å². The Morgan fingerprint density at radius 2 is 1.16 bits per heavy atom. The molecule has 4 aromatic rings. The van der Waals surface area contributed by atoms with Crippen LogP contribution in [-0.2, 0) is 33.3 Å². The minimum atomic E-state index is -3.63. The summed E-state index contributed by atoms with van der Waals surface area (Å²) in [5.41, 5.74) is 0.887. The van der Waals surface area contributed by atoms with Crippen LogP contribution in [0.1, 0.15) is 37.3 Å². The van der Waals surface area contributed by atoms with Gasteiger partial charge >= 0.3 is 30.3 Å². The highest BCUT2D eigenvalue weighted by molar-refractivity contribution is 7.86. The van der Waals surface area contributed by atoms with Crippen molar-refractivity contribution in [3.8, 4) is 11.5 Å². The first-order valence-corrected chi connectivity index (χ1v) is 23.1. The van der Waals surface area contributed by atoms with Crippen LogP contribution in [0.15, 0.2) is 109 Å². The number of hydrogen-bond acceptors (Lipinski definition) is 17. The van der Waals surface area contributed by atoms with E-state index in [1.165, 1.54) is 9.80 Å². The third-order valence-electron chi connectivity index (χ3n) is 10.5. The number of rotatable bonds is 14. The first kappa shape index (κ1) is 50.0. The number of aliphatic hydroxyl groups is 1. The number of ether oxygens (including phenoxy) is 5. The van der Waals surface area contributed by atoms with Crippen molar-refractivity contribution >= 4 is 63.5 Å². The highest BCUT2D eigenvalue weighted by Gasteiger charge is 2.39. The summed E-state index contributed by atoms with van der Waals surface area (Å²) >= 11 is 0. The average molecular weight is 958 g/mol. The van der Waals surface area contributed by atoms with Gasteiger partial charge in [0.05, 0.1) is 38.0 Å². The van der Waals surface area contributed by atoms with Crippen molar-refractivity contribution in [1.82, 2.24) is 15.5 Å². The minimum Gasteiger partial charge on any atom is -0.466 e. The lowest BCUT2D eigenvalue weighted by Gasteiger charge is -2.38. The van der Waals surface area contributed by atoms with Gasteiger partial charge in [0.1, 0.15) is 42.0 Å². The maximum absolute atomic E-state index is 12.5. The Bertz CT molecular complexity index is 2540. The predicted molar refractivity (Wildman–Crippen MR) is 246 cm³/mol. The van der Waals surface area contributed by atoms with Gasteiger partial charge in [-0.1, -0.05) is 36.4 Å². The molecule has 7 rings (SSSR count). The molecule has 4 amide bonds. The number of cyclic esters (lactones) is 2. The van der Waals surface area contributed by atoms with Crippen molar-refractivity contribution in [1.29, 1.82) is 10.8 Å². The lowest BCUT2D eigenvalue weighted by molar-refractivity contribution is -0.150. The Balaban J connectivity index is 0.000000230. The van der Waals surface area contributed by atoms with Crippen molar-refractivity contribution in [2.45, 2.75) is 44.0 Å². The number of carbonyl (C=O) groups excluding carboxylic acids is 5. The summed E-state index contributed by atoms with van der Waals surface area (Å²) in [7, 11) is -3.63. The molecule has 4 aromatic carbocycles. The highest BCUT2D eigenvalue weighted by Crippen LogP contribution is 2.29. The van der Waals surface area contributed by atoms with Gasteiger partial charge in [0.15, 0.2) is 0 Å². The molecule has 3 fully saturated rings. The van der Waals surface area contributed by atoms with E-state index in [9.17, 15) is 37.5 Å². The molecule has 0 aromatic heterocycles. The van der Waals surface area contributed by atoms with Crippen LogP contribution in [0, 0.1) is 10.8 Å². The van der Waals surface area contributed by atoms with Crippen LogP contribution in [0.2, 0.25) is 0 Å². The second-order valence-electron chi connectivity index (χ2n) is 15.7. The van der Waals surface area contributed by atoms with E-state index in [0.29, 0.717) is 73.0 Å². The van der Waals surface area contributed by atoms with Crippen LogP contribution in [-0.4, -0.2) is 130 Å². The zero-order valence-electron chi connectivity index (χ0n) is 37.1. The van der Waals surface area contributed by atoms with E-state index in [1.54, 1.807) is 116 Å². The number of anilines is 2. The fourth-order valence-corrected chi connectivity index (χ4v) is 7.55. The molecular weight excluding hydrogens is 907 g/mol. The number of amides is 4. The van der Waals surface area contributed by atoms with Crippen LogP contribution in [0.5, 0.6) is 11.5 Å². The Morgan fingerprint density at radius 1 is 0.721 bits per heavy atom. The lowest BCUT2D eigenvalue weighted by atomic mass is 9.88. The van der Waals surface area contributed by atoms with Crippen LogP contribution in [0.3, 0.4) is 0 Å². The zero-order chi connectivity index (χ0) is 48.8. The molecule has 0 radical (unpaired) electrons. The summed E-state index contributed by atoms with van der Waals surface area (Å²) in [6, 6.07) is 29.9. The predicted octanol–water partition coefficient (Wildman–Crippen LogP) is 5.01. The van der Waals surface area contributed by atoms with Crippen molar-refractivity contribution in [3.63, 3.8) is 0 Å².